The summed E-state index contributed by atoms with van der Waals surface area (Å²) in [4.78, 5) is 12.4. The summed E-state index contributed by atoms with van der Waals surface area (Å²) in [5.74, 6) is 1.01. The monoisotopic (exact) mass is 387 g/mol. The van der Waals surface area contributed by atoms with Crippen LogP contribution >= 0.6 is 11.6 Å². The average molecular weight is 388 g/mol. The molecule has 1 aromatic carbocycles. The number of rotatable bonds is 7. The molecule has 27 heavy (non-hydrogen) atoms. The maximum Gasteiger partial charge on any atom is 0.289 e. The minimum absolute atomic E-state index is 0.0779. The smallest absolute Gasteiger partial charge is 0.289 e. The average Bonchev–Trinajstić information content (AvgIpc) is 2.61. The van der Waals surface area contributed by atoms with Gasteiger partial charge in [-0.15, -0.1) is 0 Å². The van der Waals surface area contributed by atoms with Crippen LogP contribution in [0.3, 0.4) is 0 Å². The van der Waals surface area contributed by atoms with Gasteiger partial charge in [0, 0.05) is 5.69 Å². The first-order valence-corrected chi connectivity index (χ1v) is 9.07. The van der Waals surface area contributed by atoms with Crippen molar-refractivity contribution in [1.29, 1.82) is 5.26 Å². The summed E-state index contributed by atoms with van der Waals surface area (Å²) in [7, 11) is 0. The number of pyridine rings is 1. The molecule has 0 bridgehead atoms. The van der Waals surface area contributed by atoms with Crippen molar-refractivity contribution in [3.05, 3.63) is 56.0 Å². The van der Waals surface area contributed by atoms with Crippen LogP contribution in [0, 0.1) is 25.2 Å². The van der Waals surface area contributed by atoms with Crippen molar-refractivity contribution in [1.82, 2.24) is 4.68 Å². The van der Waals surface area contributed by atoms with E-state index in [2.05, 4.69) is 5.10 Å². The van der Waals surface area contributed by atoms with Crippen LogP contribution in [-0.2, 0) is 0 Å². The molecule has 0 amide bonds. The zero-order valence-electron chi connectivity index (χ0n) is 15.9. The van der Waals surface area contributed by atoms with Crippen molar-refractivity contribution in [2.75, 3.05) is 13.2 Å². The quantitative estimate of drug-likeness (QED) is 0.671. The normalized spacial score (nSPS) is 10.8. The summed E-state index contributed by atoms with van der Waals surface area (Å²) in [6.45, 7) is 8.35. The lowest BCUT2D eigenvalue weighted by Gasteiger charge is -2.14. The molecule has 1 heterocycles. The number of ether oxygens (including phenoxy) is 2. The first-order valence-electron chi connectivity index (χ1n) is 8.69. The second-order valence-corrected chi connectivity index (χ2v) is 6.34. The highest BCUT2D eigenvalue weighted by molar-refractivity contribution is 6.32. The van der Waals surface area contributed by atoms with Crippen molar-refractivity contribution >= 4 is 17.8 Å². The predicted molar refractivity (Wildman–Crippen MR) is 106 cm³/mol. The van der Waals surface area contributed by atoms with Gasteiger partial charge in [0.15, 0.2) is 11.5 Å². The van der Waals surface area contributed by atoms with Crippen LogP contribution < -0.4 is 15.0 Å². The number of aryl methyl sites for hydroxylation is 2. The van der Waals surface area contributed by atoms with E-state index in [1.54, 1.807) is 32.0 Å². The van der Waals surface area contributed by atoms with E-state index < -0.39 is 5.56 Å². The molecule has 0 unspecified atom stereocenters. The first kappa shape index (κ1) is 20.5. The lowest BCUT2D eigenvalue weighted by molar-refractivity contribution is 0.277. The van der Waals surface area contributed by atoms with E-state index in [-0.39, 0.29) is 5.56 Å². The van der Waals surface area contributed by atoms with Gasteiger partial charge in [-0.2, -0.15) is 10.4 Å². The highest BCUT2D eigenvalue weighted by atomic mass is 35.5. The van der Waals surface area contributed by atoms with Gasteiger partial charge in [-0.3, -0.25) is 4.79 Å². The van der Waals surface area contributed by atoms with E-state index in [1.807, 2.05) is 19.9 Å². The molecule has 0 atom stereocenters. The van der Waals surface area contributed by atoms with Crippen LogP contribution in [0.1, 0.15) is 42.7 Å². The predicted octanol–water partition coefficient (Wildman–Crippen LogP) is 4.06. The Morgan fingerprint density at radius 3 is 2.63 bits per heavy atom. The van der Waals surface area contributed by atoms with Crippen molar-refractivity contribution in [3.63, 3.8) is 0 Å². The molecule has 0 N–H and O–H groups in total. The van der Waals surface area contributed by atoms with Gasteiger partial charge in [-0.25, -0.2) is 4.68 Å². The molecule has 7 heteroatoms. The van der Waals surface area contributed by atoms with E-state index >= 15 is 0 Å². The summed E-state index contributed by atoms with van der Waals surface area (Å²) >= 11 is 6.34. The molecule has 2 rings (SSSR count). The first-order chi connectivity index (χ1) is 12.9. The summed E-state index contributed by atoms with van der Waals surface area (Å²) in [5.41, 5.74) is 1.54. The summed E-state index contributed by atoms with van der Waals surface area (Å²) in [5, 5.41) is 13.8. The number of benzene rings is 1. The van der Waals surface area contributed by atoms with E-state index in [4.69, 9.17) is 26.3 Å². The maximum atomic E-state index is 12.4. The minimum atomic E-state index is -0.453. The van der Waals surface area contributed by atoms with Gasteiger partial charge in [-0.05, 0) is 56.5 Å². The Morgan fingerprint density at radius 1 is 1.26 bits per heavy atom. The van der Waals surface area contributed by atoms with Gasteiger partial charge in [0.1, 0.15) is 11.6 Å². The molecule has 0 fully saturated rings. The Labute approximate surface area is 163 Å². The van der Waals surface area contributed by atoms with E-state index in [9.17, 15) is 4.79 Å². The van der Waals surface area contributed by atoms with Crippen molar-refractivity contribution < 1.29 is 9.47 Å². The van der Waals surface area contributed by atoms with Crippen LogP contribution in [0.25, 0.3) is 0 Å². The Bertz CT molecular complexity index is 958. The number of aromatic nitrogens is 1. The second-order valence-electron chi connectivity index (χ2n) is 5.93. The van der Waals surface area contributed by atoms with Gasteiger partial charge in [0.05, 0.1) is 24.5 Å². The van der Waals surface area contributed by atoms with Crippen LogP contribution in [0.2, 0.25) is 5.02 Å². The zero-order valence-corrected chi connectivity index (χ0v) is 16.6. The highest BCUT2D eigenvalue weighted by Gasteiger charge is 2.13. The van der Waals surface area contributed by atoms with Gasteiger partial charge >= 0.3 is 0 Å². The third-order valence-electron chi connectivity index (χ3n) is 3.78. The molecule has 142 valence electrons. The molecule has 0 aliphatic carbocycles. The molecular weight excluding hydrogens is 366 g/mol. The largest absolute Gasteiger partial charge is 0.490 e. The third-order valence-corrected chi connectivity index (χ3v) is 4.06. The van der Waals surface area contributed by atoms with Crippen molar-refractivity contribution in [2.24, 2.45) is 5.10 Å². The summed E-state index contributed by atoms with van der Waals surface area (Å²) in [6.07, 6.45) is 2.35. The zero-order chi connectivity index (χ0) is 20.0. The SMILES string of the molecule is CCCOc1c(Cl)cc(/C=N/n2c(C)cc(C)c(C#N)c2=O)cc1OCC. The molecular formula is C20H22ClN3O3. The summed E-state index contributed by atoms with van der Waals surface area (Å²) in [6, 6.07) is 7.12. The molecule has 6 nitrogen and oxygen atoms in total. The Hall–Kier alpha value is -2.78. The topological polar surface area (TPSA) is 76.6 Å². The standard InChI is InChI=1S/C20H22ClN3O3/c1-5-7-27-19-17(21)9-15(10-18(19)26-6-2)12-23-24-14(4)8-13(3)16(11-22)20(24)25/h8-10,12H,5-7H2,1-4H3/b23-12+. The van der Waals surface area contributed by atoms with Gasteiger partial charge in [0.25, 0.3) is 5.56 Å². The number of hydrogen-bond donors (Lipinski definition) is 0. The fraction of sp³-hybridized carbons (Fsp3) is 0.350. The second kappa shape index (κ2) is 9.24. The molecule has 0 aliphatic rings. The van der Waals surface area contributed by atoms with E-state index in [0.29, 0.717) is 46.6 Å². The molecule has 1 aromatic heterocycles. The number of nitriles is 1. The minimum Gasteiger partial charge on any atom is -0.490 e. The highest BCUT2D eigenvalue weighted by Crippen LogP contribution is 2.36. The van der Waals surface area contributed by atoms with Gasteiger partial charge in [0.2, 0.25) is 0 Å². The molecule has 2 aromatic rings. The number of nitrogens with zero attached hydrogens (tertiary/aromatic N) is 3. The van der Waals surface area contributed by atoms with Crippen LogP contribution in [-0.4, -0.2) is 24.1 Å². The molecule has 0 saturated heterocycles. The van der Waals surface area contributed by atoms with Crippen LogP contribution in [0.4, 0.5) is 0 Å². The number of hydrogen-bond acceptors (Lipinski definition) is 5. The van der Waals surface area contributed by atoms with E-state index in [1.165, 1.54) is 10.9 Å². The fourth-order valence-electron chi connectivity index (χ4n) is 2.55. The van der Waals surface area contributed by atoms with Crippen molar-refractivity contribution in [3.8, 4) is 17.6 Å². The third kappa shape index (κ3) is 4.69. The lowest BCUT2D eigenvalue weighted by Crippen LogP contribution is -2.22. The number of halogens is 1. The van der Waals surface area contributed by atoms with Crippen LogP contribution in [0.5, 0.6) is 11.5 Å². The van der Waals surface area contributed by atoms with Crippen molar-refractivity contribution in [2.45, 2.75) is 34.1 Å². The summed E-state index contributed by atoms with van der Waals surface area (Å²) < 4.78 is 12.5. The molecule has 0 spiro atoms. The maximum absolute atomic E-state index is 12.4. The Kier molecular flexibility index (Phi) is 7.03. The Balaban J connectivity index is 2.46. The Morgan fingerprint density at radius 2 is 2.00 bits per heavy atom. The molecule has 0 aliphatic heterocycles. The molecule has 0 radical (unpaired) electrons. The molecule has 0 saturated carbocycles. The lowest BCUT2D eigenvalue weighted by atomic mass is 10.1. The van der Waals surface area contributed by atoms with Gasteiger partial charge < -0.3 is 9.47 Å². The van der Waals surface area contributed by atoms with Gasteiger partial charge in [-0.1, -0.05) is 18.5 Å². The van der Waals surface area contributed by atoms with Crippen LogP contribution in [0.15, 0.2) is 28.1 Å². The van der Waals surface area contributed by atoms with E-state index in [0.717, 1.165) is 6.42 Å². The fourth-order valence-corrected chi connectivity index (χ4v) is 2.83.